The van der Waals surface area contributed by atoms with Crippen molar-refractivity contribution < 1.29 is 14.7 Å². The molecule has 138 valence electrons. The highest BCUT2D eigenvalue weighted by Crippen LogP contribution is 2.41. The lowest BCUT2D eigenvalue weighted by Gasteiger charge is -2.03. The number of carbonyl (C=O) groups excluding carboxylic acids is 2. The first-order valence-electron chi connectivity index (χ1n) is 8.26. The molecule has 2 amide bonds. The van der Waals surface area contributed by atoms with Gasteiger partial charge >= 0.3 is 0 Å². The van der Waals surface area contributed by atoms with Crippen LogP contribution in [0, 0.1) is 6.92 Å². The summed E-state index contributed by atoms with van der Waals surface area (Å²) in [6.45, 7) is 3.67. The van der Waals surface area contributed by atoms with Gasteiger partial charge in [0, 0.05) is 27.5 Å². The number of nitrogens with zero attached hydrogens (tertiary/aromatic N) is 2. The third kappa shape index (κ3) is 3.90. The predicted octanol–water partition coefficient (Wildman–Crippen LogP) is 5.22. The number of rotatable bonds is 4. The van der Waals surface area contributed by atoms with Gasteiger partial charge in [-0.1, -0.05) is 13.0 Å². The monoisotopic (exact) mass is 428 g/mol. The van der Waals surface area contributed by atoms with Crippen molar-refractivity contribution in [2.75, 3.05) is 5.32 Å². The van der Waals surface area contributed by atoms with Crippen molar-refractivity contribution in [3.8, 4) is 5.88 Å². The molecule has 0 radical (unpaired) electrons. The van der Waals surface area contributed by atoms with E-state index in [1.54, 1.807) is 31.2 Å². The summed E-state index contributed by atoms with van der Waals surface area (Å²) in [6, 6.07) is 10.1. The Labute approximate surface area is 163 Å². The first-order chi connectivity index (χ1) is 12.9. The molecule has 0 saturated heterocycles. The van der Waals surface area contributed by atoms with E-state index >= 15 is 0 Å². The summed E-state index contributed by atoms with van der Waals surface area (Å²) in [7, 11) is 0. The van der Waals surface area contributed by atoms with Gasteiger partial charge in [-0.05, 0) is 58.7 Å². The number of azo groups is 1. The van der Waals surface area contributed by atoms with Gasteiger partial charge in [-0.2, -0.15) is 0 Å². The number of aromatic hydroxyl groups is 1. The maximum atomic E-state index is 12.3. The zero-order chi connectivity index (χ0) is 19.6. The number of aryl methyl sites for hydroxylation is 1. The van der Waals surface area contributed by atoms with E-state index < -0.39 is 5.91 Å². The maximum absolute atomic E-state index is 12.3. The molecule has 0 atom stereocenters. The van der Waals surface area contributed by atoms with Crippen molar-refractivity contribution >= 4 is 50.0 Å². The van der Waals surface area contributed by atoms with Crippen LogP contribution >= 0.6 is 15.9 Å². The first kappa shape index (κ1) is 18.8. The minimum Gasteiger partial charge on any atom is -0.493 e. The van der Waals surface area contributed by atoms with Gasteiger partial charge in [0.2, 0.25) is 11.8 Å². The quantitative estimate of drug-likeness (QED) is 0.495. The molecule has 3 aromatic rings. The molecule has 0 unspecified atom stereocenters. The van der Waals surface area contributed by atoms with E-state index in [1.165, 1.54) is 0 Å². The molecule has 8 heteroatoms. The average molecular weight is 429 g/mol. The molecule has 27 heavy (non-hydrogen) atoms. The van der Waals surface area contributed by atoms with Gasteiger partial charge in [0.05, 0.1) is 5.52 Å². The van der Waals surface area contributed by atoms with Crippen LogP contribution in [0.2, 0.25) is 0 Å². The van der Waals surface area contributed by atoms with E-state index in [0.717, 1.165) is 10.0 Å². The van der Waals surface area contributed by atoms with Crippen molar-refractivity contribution in [3.63, 3.8) is 0 Å². The van der Waals surface area contributed by atoms with Gasteiger partial charge in [-0.3, -0.25) is 9.59 Å². The number of amides is 2. The van der Waals surface area contributed by atoms with Gasteiger partial charge < -0.3 is 15.4 Å². The number of H-pyrrole nitrogens is 1. The van der Waals surface area contributed by atoms with Crippen LogP contribution < -0.4 is 5.32 Å². The maximum Gasteiger partial charge on any atom is 0.295 e. The standard InChI is InChI=1S/C19H17BrN4O3/c1-3-14(25)21-12-7-5-11(6-8-12)18(26)24-23-17-15-13(22-19(17)27)9-4-10(2)16(15)20/h4-9,22,27H,3H2,1-2H3,(H,21,25). The number of benzene rings is 2. The molecule has 3 N–H and O–H groups in total. The molecule has 0 aliphatic heterocycles. The molecule has 3 rings (SSSR count). The average Bonchev–Trinajstić information content (AvgIpc) is 2.99. The highest BCUT2D eigenvalue weighted by molar-refractivity contribution is 9.10. The zero-order valence-electron chi connectivity index (χ0n) is 14.7. The van der Waals surface area contributed by atoms with Gasteiger partial charge in [0.15, 0.2) is 5.69 Å². The second kappa shape index (κ2) is 7.71. The second-order valence-corrected chi connectivity index (χ2v) is 6.72. The van der Waals surface area contributed by atoms with Gasteiger partial charge in [0.1, 0.15) is 0 Å². The van der Waals surface area contributed by atoms with Crippen LogP contribution in [0.4, 0.5) is 11.4 Å². The Morgan fingerprint density at radius 2 is 1.89 bits per heavy atom. The number of nitrogens with one attached hydrogen (secondary N) is 2. The lowest BCUT2D eigenvalue weighted by Crippen LogP contribution is -2.09. The molecule has 1 aromatic heterocycles. The molecule has 0 bridgehead atoms. The molecular formula is C19H17BrN4O3. The van der Waals surface area contributed by atoms with E-state index in [-0.39, 0.29) is 17.5 Å². The third-order valence-corrected chi connectivity index (χ3v) is 5.05. The van der Waals surface area contributed by atoms with Crippen molar-refractivity contribution in [2.24, 2.45) is 10.2 Å². The first-order valence-corrected chi connectivity index (χ1v) is 9.05. The summed E-state index contributed by atoms with van der Waals surface area (Å²) in [5.74, 6) is -0.823. The van der Waals surface area contributed by atoms with Crippen LogP contribution in [0.3, 0.4) is 0 Å². The Balaban J connectivity index is 1.85. The Morgan fingerprint density at radius 1 is 1.19 bits per heavy atom. The van der Waals surface area contributed by atoms with Crippen LogP contribution in [0.15, 0.2) is 51.1 Å². The number of anilines is 1. The summed E-state index contributed by atoms with van der Waals surface area (Å²) in [6.07, 6.45) is 0.373. The largest absolute Gasteiger partial charge is 0.493 e. The molecule has 0 fully saturated rings. The molecule has 0 aliphatic rings. The summed E-state index contributed by atoms with van der Waals surface area (Å²) >= 11 is 3.48. The fraction of sp³-hybridized carbons (Fsp3) is 0.158. The van der Waals surface area contributed by atoms with E-state index in [0.29, 0.717) is 28.6 Å². The molecule has 0 aliphatic carbocycles. The minimum atomic E-state index is -0.555. The van der Waals surface area contributed by atoms with Crippen molar-refractivity contribution in [1.82, 2.24) is 4.98 Å². The molecule has 0 saturated carbocycles. The Bertz CT molecular complexity index is 1050. The zero-order valence-corrected chi connectivity index (χ0v) is 16.3. The molecular weight excluding hydrogens is 412 g/mol. The number of halogens is 1. The van der Waals surface area contributed by atoms with Gasteiger partial charge in [-0.25, -0.2) is 0 Å². The lowest BCUT2D eigenvalue weighted by molar-refractivity contribution is -0.115. The van der Waals surface area contributed by atoms with Crippen molar-refractivity contribution in [1.29, 1.82) is 0 Å². The highest BCUT2D eigenvalue weighted by atomic mass is 79.9. The molecule has 7 nitrogen and oxygen atoms in total. The predicted molar refractivity (Wildman–Crippen MR) is 107 cm³/mol. The Morgan fingerprint density at radius 3 is 2.56 bits per heavy atom. The van der Waals surface area contributed by atoms with Crippen molar-refractivity contribution in [3.05, 3.63) is 52.0 Å². The van der Waals surface area contributed by atoms with Crippen LogP contribution in [-0.4, -0.2) is 21.9 Å². The number of aromatic amines is 1. The van der Waals surface area contributed by atoms with Crippen LogP contribution in [-0.2, 0) is 4.79 Å². The minimum absolute atomic E-state index is 0.107. The summed E-state index contributed by atoms with van der Waals surface area (Å²) < 4.78 is 0.772. The SMILES string of the molecule is CCC(=O)Nc1ccc(C(=O)N=Nc2c(O)[nH]c3ccc(C)c(Br)c23)cc1. The fourth-order valence-electron chi connectivity index (χ4n) is 2.52. The number of fused-ring (bicyclic) bond motifs is 1. The molecule has 1 heterocycles. The number of aromatic nitrogens is 1. The molecule has 2 aromatic carbocycles. The van der Waals surface area contributed by atoms with E-state index in [9.17, 15) is 14.7 Å². The molecule has 0 spiro atoms. The van der Waals surface area contributed by atoms with Crippen LogP contribution in [0.1, 0.15) is 29.3 Å². The number of carbonyl (C=O) groups is 2. The topological polar surface area (TPSA) is 107 Å². The third-order valence-electron chi connectivity index (χ3n) is 4.03. The fourth-order valence-corrected chi connectivity index (χ4v) is 3.05. The smallest absolute Gasteiger partial charge is 0.295 e. The summed E-state index contributed by atoms with van der Waals surface area (Å²) in [5.41, 5.74) is 2.77. The normalized spacial score (nSPS) is 11.2. The highest BCUT2D eigenvalue weighted by Gasteiger charge is 2.15. The number of hydrogen-bond donors (Lipinski definition) is 3. The Kier molecular flexibility index (Phi) is 5.36. The van der Waals surface area contributed by atoms with E-state index in [1.807, 2.05) is 19.1 Å². The lowest BCUT2D eigenvalue weighted by atomic mass is 10.1. The summed E-state index contributed by atoms with van der Waals surface area (Å²) in [5, 5.41) is 21.1. The number of hydrogen-bond acceptors (Lipinski definition) is 4. The summed E-state index contributed by atoms with van der Waals surface area (Å²) in [4.78, 5) is 26.5. The van der Waals surface area contributed by atoms with Gasteiger partial charge in [0.25, 0.3) is 5.91 Å². The van der Waals surface area contributed by atoms with Crippen LogP contribution in [0.5, 0.6) is 5.88 Å². The van der Waals surface area contributed by atoms with E-state index in [4.69, 9.17) is 0 Å². The van der Waals surface area contributed by atoms with Crippen LogP contribution in [0.25, 0.3) is 10.9 Å². The van der Waals surface area contributed by atoms with Crippen molar-refractivity contribution in [2.45, 2.75) is 20.3 Å². The Hall–Kier alpha value is -3.00. The van der Waals surface area contributed by atoms with E-state index in [2.05, 4.69) is 36.5 Å². The van der Waals surface area contributed by atoms with Gasteiger partial charge in [-0.15, -0.1) is 10.2 Å². The second-order valence-electron chi connectivity index (χ2n) is 5.93.